The molecule has 1 aromatic rings. The van der Waals surface area contributed by atoms with E-state index in [0.29, 0.717) is 24.4 Å². The molecular formula is C17H25BrClN3O. The number of carbonyl (C=O) groups excluding carboxylic acids is 1. The van der Waals surface area contributed by atoms with E-state index in [4.69, 9.17) is 5.73 Å². The topological polar surface area (TPSA) is 58.4 Å². The Morgan fingerprint density at radius 3 is 2.70 bits per heavy atom. The smallest absolute Gasteiger partial charge is 0.234 e. The lowest BCUT2D eigenvalue weighted by molar-refractivity contribution is -0.122. The van der Waals surface area contributed by atoms with Gasteiger partial charge in [-0.25, -0.2) is 0 Å². The minimum atomic E-state index is 0. The molecule has 128 valence electrons. The SMILES string of the molecule is CC(NC(=O)CN1CC2CCC(N)C2C1)c1ccc(Br)cc1.Cl. The summed E-state index contributed by atoms with van der Waals surface area (Å²) in [4.78, 5) is 14.5. The second kappa shape index (κ2) is 7.97. The number of rotatable bonds is 4. The van der Waals surface area contributed by atoms with Crippen LogP contribution in [0.5, 0.6) is 0 Å². The van der Waals surface area contributed by atoms with Gasteiger partial charge in [-0.2, -0.15) is 0 Å². The maximum absolute atomic E-state index is 12.3. The number of carbonyl (C=O) groups is 1. The molecule has 6 heteroatoms. The minimum absolute atomic E-state index is 0. The molecule has 0 radical (unpaired) electrons. The third kappa shape index (κ3) is 4.47. The number of fused-ring (bicyclic) bond motifs is 1. The van der Waals surface area contributed by atoms with E-state index in [0.717, 1.165) is 29.5 Å². The summed E-state index contributed by atoms with van der Waals surface area (Å²) in [6.45, 7) is 4.51. The number of hydrogen-bond acceptors (Lipinski definition) is 3. The van der Waals surface area contributed by atoms with Crippen LogP contribution in [0.2, 0.25) is 0 Å². The first kappa shape index (κ1) is 18.7. The zero-order valence-corrected chi connectivity index (χ0v) is 15.8. The first-order chi connectivity index (χ1) is 10.5. The van der Waals surface area contributed by atoms with Crippen LogP contribution in [-0.4, -0.2) is 36.5 Å². The van der Waals surface area contributed by atoms with Gasteiger partial charge in [-0.05, 0) is 49.3 Å². The average Bonchev–Trinajstić information content (AvgIpc) is 3.01. The molecule has 0 spiro atoms. The van der Waals surface area contributed by atoms with Crippen LogP contribution in [0.15, 0.2) is 28.7 Å². The van der Waals surface area contributed by atoms with Crippen molar-refractivity contribution in [1.82, 2.24) is 10.2 Å². The average molecular weight is 403 g/mol. The number of halogens is 2. The Bertz CT molecular complexity index is 539. The van der Waals surface area contributed by atoms with Crippen molar-refractivity contribution < 1.29 is 4.79 Å². The van der Waals surface area contributed by atoms with Gasteiger partial charge in [0.15, 0.2) is 0 Å². The number of benzene rings is 1. The van der Waals surface area contributed by atoms with Crippen molar-refractivity contribution in [3.05, 3.63) is 34.3 Å². The Kier molecular flexibility index (Phi) is 6.48. The molecule has 3 rings (SSSR count). The monoisotopic (exact) mass is 401 g/mol. The summed E-state index contributed by atoms with van der Waals surface area (Å²) in [7, 11) is 0. The van der Waals surface area contributed by atoms with E-state index in [1.807, 2.05) is 31.2 Å². The summed E-state index contributed by atoms with van der Waals surface area (Å²) in [6, 6.07) is 8.44. The number of nitrogens with zero attached hydrogens (tertiary/aromatic N) is 1. The third-order valence-corrected chi connectivity index (χ3v) is 5.63. The molecule has 3 N–H and O–H groups in total. The maximum atomic E-state index is 12.3. The van der Waals surface area contributed by atoms with Gasteiger partial charge in [-0.1, -0.05) is 28.1 Å². The Morgan fingerprint density at radius 1 is 1.35 bits per heavy atom. The Morgan fingerprint density at radius 2 is 2.04 bits per heavy atom. The molecule has 1 saturated carbocycles. The van der Waals surface area contributed by atoms with E-state index in [1.165, 1.54) is 6.42 Å². The van der Waals surface area contributed by atoms with Gasteiger partial charge in [-0.15, -0.1) is 12.4 Å². The fourth-order valence-electron chi connectivity index (χ4n) is 3.85. The van der Waals surface area contributed by atoms with Crippen molar-refractivity contribution in [2.45, 2.75) is 31.8 Å². The van der Waals surface area contributed by atoms with E-state index in [-0.39, 0.29) is 24.4 Å². The molecule has 1 amide bonds. The molecule has 1 aromatic carbocycles. The third-order valence-electron chi connectivity index (χ3n) is 5.10. The van der Waals surface area contributed by atoms with Gasteiger partial charge in [0, 0.05) is 23.6 Å². The Hall–Kier alpha value is -0.620. The van der Waals surface area contributed by atoms with Crippen LogP contribution in [0.1, 0.15) is 31.4 Å². The second-order valence-electron chi connectivity index (χ2n) is 6.70. The van der Waals surface area contributed by atoms with E-state index in [2.05, 4.69) is 26.1 Å². The van der Waals surface area contributed by atoms with Crippen molar-refractivity contribution in [1.29, 1.82) is 0 Å². The number of amides is 1. The van der Waals surface area contributed by atoms with Gasteiger partial charge in [0.2, 0.25) is 5.91 Å². The second-order valence-corrected chi connectivity index (χ2v) is 7.62. The van der Waals surface area contributed by atoms with Crippen LogP contribution < -0.4 is 11.1 Å². The summed E-state index contributed by atoms with van der Waals surface area (Å²) in [5.41, 5.74) is 7.27. The van der Waals surface area contributed by atoms with Crippen LogP contribution in [0.4, 0.5) is 0 Å². The summed E-state index contributed by atoms with van der Waals surface area (Å²) >= 11 is 3.43. The Labute approximate surface area is 152 Å². The first-order valence-electron chi connectivity index (χ1n) is 8.05. The summed E-state index contributed by atoms with van der Waals surface area (Å²) in [5, 5.41) is 3.09. The van der Waals surface area contributed by atoms with E-state index in [9.17, 15) is 4.79 Å². The summed E-state index contributed by atoms with van der Waals surface area (Å²) < 4.78 is 1.05. The lowest BCUT2D eigenvalue weighted by Crippen LogP contribution is -2.38. The summed E-state index contributed by atoms with van der Waals surface area (Å²) in [5.74, 6) is 1.40. The number of nitrogens with one attached hydrogen (secondary N) is 1. The first-order valence-corrected chi connectivity index (χ1v) is 8.85. The molecule has 0 bridgehead atoms. The van der Waals surface area contributed by atoms with Crippen molar-refractivity contribution in [3.63, 3.8) is 0 Å². The van der Waals surface area contributed by atoms with Gasteiger partial charge in [-0.3, -0.25) is 9.69 Å². The van der Waals surface area contributed by atoms with Gasteiger partial charge in [0.05, 0.1) is 12.6 Å². The van der Waals surface area contributed by atoms with Crippen molar-refractivity contribution in [3.8, 4) is 0 Å². The van der Waals surface area contributed by atoms with E-state index in [1.54, 1.807) is 0 Å². The van der Waals surface area contributed by atoms with Gasteiger partial charge >= 0.3 is 0 Å². The minimum Gasteiger partial charge on any atom is -0.348 e. The van der Waals surface area contributed by atoms with Gasteiger partial charge < -0.3 is 11.1 Å². The molecule has 4 atom stereocenters. The van der Waals surface area contributed by atoms with Crippen LogP contribution in [0, 0.1) is 11.8 Å². The number of likely N-dealkylation sites (tertiary alicyclic amines) is 1. The number of nitrogens with two attached hydrogens (primary N) is 1. The molecule has 4 unspecified atom stereocenters. The van der Waals surface area contributed by atoms with Crippen molar-refractivity contribution in [2.24, 2.45) is 17.6 Å². The number of hydrogen-bond donors (Lipinski definition) is 2. The van der Waals surface area contributed by atoms with E-state index < -0.39 is 0 Å². The standard InChI is InChI=1S/C17H24BrN3O.ClH/c1-11(12-2-5-14(18)6-3-12)20-17(22)10-21-8-13-4-7-16(19)15(13)9-21;/h2-3,5-6,11,13,15-16H,4,7-10,19H2,1H3,(H,20,22);1H. The molecule has 1 aliphatic carbocycles. The molecule has 2 fully saturated rings. The van der Waals surface area contributed by atoms with Crippen LogP contribution in [-0.2, 0) is 4.79 Å². The molecule has 1 heterocycles. The van der Waals surface area contributed by atoms with E-state index >= 15 is 0 Å². The highest BCUT2D eigenvalue weighted by Gasteiger charge is 2.41. The Balaban J connectivity index is 0.00000192. The van der Waals surface area contributed by atoms with Crippen LogP contribution in [0.3, 0.4) is 0 Å². The zero-order chi connectivity index (χ0) is 15.7. The van der Waals surface area contributed by atoms with Crippen molar-refractivity contribution >= 4 is 34.2 Å². The largest absolute Gasteiger partial charge is 0.348 e. The molecular weight excluding hydrogens is 378 g/mol. The quantitative estimate of drug-likeness (QED) is 0.814. The molecule has 4 nitrogen and oxygen atoms in total. The fraction of sp³-hybridized carbons (Fsp3) is 0.588. The predicted molar refractivity (Wildman–Crippen MR) is 98.6 cm³/mol. The molecule has 23 heavy (non-hydrogen) atoms. The predicted octanol–water partition coefficient (Wildman–Crippen LogP) is 2.72. The molecule has 1 saturated heterocycles. The van der Waals surface area contributed by atoms with Crippen LogP contribution in [0.25, 0.3) is 0 Å². The zero-order valence-electron chi connectivity index (χ0n) is 13.4. The lowest BCUT2D eigenvalue weighted by Gasteiger charge is -2.20. The van der Waals surface area contributed by atoms with Gasteiger partial charge in [0.1, 0.15) is 0 Å². The molecule has 2 aliphatic rings. The normalized spacial score (nSPS) is 28.0. The molecule has 0 aromatic heterocycles. The highest BCUT2D eigenvalue weighted by atomic mass is 79.9. The lowest BCUT2D eigenvalue weighted by atomic mass is 9.98. The highest BCUT2D eigenvalue weighted by Crippen LogP contribution is 2.36. The maximum Gasteiger partial charge on any atom is 0.234 e. The van der Waals surface area contributed by atoms with Gasteiger partial charge in [0.25, 0.3) is 0 Å². The highest BCUT2D eigenvalue weighted by molar-refractivity contribution is 9.10. The van der Waals surface area contributed by atoms with Crippen LogP contribution >= 0.6 is 28.3 Å². The summed E-state index contributed by atoms with van der Waals surface area (Å²) in [6.07, 6.45) is 2.37. The van der Waals surface area contributed by atoms with Crippen molar-refractivity contribution in [2.75, 3.05) is 19.6 Å². The molecule has 1 aliphatic heterocycles. The fourth-order valence-corrected chi connectivity index (χ4v) is 4.12.